The maximum Gasteiger partial charge on any atom is 0.242 e. The Labute approximate surface area is 82.4 Å². The summed E-state index contributed by atoms with van der Waals surface area (Å²) >= 11 is 0. The van der Waals surface area contributed by atoms with Crippen LogP contribution in [-0.2, 0) is 14.3 Å². The molecule has 14 heavy (non-hydrogen) atoms. The number of nitrogens with one attached hydrogen (secondary N) is 1. The number of hydrogen-bond acceptors (Lipinski definition) is 4. The zero-order chi connectivity index (χ0) is 10.3. The van der Waals surface area contributed by atoms with E-state index in [-0.39, 0.29) is 30.0 Å². The van der Waals surface area contributed by atoms with Gasteiger partial charge in [-0.3, -0.25) is 9.59 Å². The van der Waals surface area contributed by atoms with Gasteiger partial charge in [-0.15, -0.1) is 0 Å². The monoisotopic (exact) mass is 198 g/mol. The van der Waals surface area contributed by atoms with E-state index in [1.165, 1.54) is 6.92 Å². The molecule has 0 radical (unpaired) electrons. The predicted octanol–water partition coefficient (Wildman–Crippen LogP) is -0.879. The third-order valence-corrected chi connectivity index (χ3v) is 2.90. The minimum Gasteiger partial charge on any atom is -0.356 e. The zero-order valence-corrected chi connectivity index (χ0v) is 8.32. The van der Waals surface area contributed by atoms with Gasteiger partial charge in [0.05, 0.1) is 12.6 Å². The van der Waals surface area contributed by atoms with Crippen LogP contribution in [0.25, 0.3) is 0 Å². The summed E-state index contributed by atoms with van der Waals surface area (Å²) in [5.41, 5.74) is 0. The number of ether oxygens (including phenoxy) is 1. The minimum absolute atomic E-state index is 0.00222. The fourth-order valence-corrected chi connectivity index (χ4v) is 2.08. The van der Waals surface area contributed by atoms with Crippen molar-refractivity contribution in [2.24, 2.45) is 0 Å². The van der Waals surface area contributed by atoms with Gasteiger partial charge in [0.2, 0.25) is 5.91 Å². The van der Waals surface area contributed by atoms with Crippen molar-refractivity contribution in [1.82, 2.24) is 10.2 Å². The average Bonchev–Trinajstić information content (AvgIpc) is 2.66. The Balaban J connectivity index is 2.17. The van der Waals surface area contributed by atoms with Gasteiger partial charge in [-0.25, -0.2) is 0 Å². The Morgan fingerprint density at radius 2 is 2.36 bits per heavy atom. The fraction of sp³-hybridized carbons (Fsp3) is 0.778. The molecule has 2 saturated heterocycles. The van der Waals surface area contributed by atoms with Crippen LogP contribution in [0.5, 0.6) is 0 Å². The highest BCUT2D eigenvalue weighted by Gasteiger charge is 2.48. The van der Waals surface area contributed by atoms with Crippen molar-refractivity contribution in [2.75, 3.05) is 13.7 Å². The van der Waals surface area contributed by atoms with Gasteiger partial charge >= 0.3 is 0 Å². The molecular weight excluding hydrogens is 184 g/mol. The van der Waals surface area contributed by atoms with Crippen molar-refractivity contribution in [2.45, 2.75) is 31.7 Å². The second-order valence-electron chi connectivity index (χ2n) is 3.74. The zero-order valence-electron chi connectivity index (χ0n) is 8.32. The lowest BCUT2D eigenvalue weighted by atomic mass is 10.2. The topological polar surface area (TPSA) is 58.6 Å². The number of Topliss-reactive ketones (excluding diaryl/α,β-unsaturated/α-hetero) is 1. The van der Waals surface area contributed by atoms with Crippen molar-refractivity contribution in [1.29, 1.82) is 0 Å². The number of carbonyl (C=O) groups is 2. The molecule has 5 nitrogen and oxygen atoms in total. The Morgan fingerprint density at radius 3 is 2.93 bits per heavy atom. The Bertz CT molecular complexity index is 279. The molecule has 1 amide bonds. The van der Waals surface area contributed by atoms with Crippen molar-refractivity contribution >= 4 is 11.7 Å². The Hall–Kier alpha value is -0.940. The van der Waals surface area contributed by atoms with Crippen LogP contribution in [0.15, 0.2) is 0 Å². The molecule has 2 heterocycles. The quantitative estimate of drug-likeness (QED) is 0.626. The Kier molecular flexibility index (Phi) is 2.28. The number of ketones is 1. The van der Waals surface area contributed by atoms with Crippen LogP contribution in [0.4, 0.5) is 0 Å². The van der Waals surface area contributed by atoms with Crippen LogP contribution in [0, 0.1) is 0 Å². The lowest BCUT2D eigenvalue weighted by Crippen LogP contribution is -2.44. The third kappa shape index (κ3) is 1.24. The van der Waals surface area contributed by atoms with Gasteiger partial charge in [0.25, 0.3) is 0 Å². The van der Waals surface area contributed by atoms with E-state index in [2.05, 4.69) is 5.32 Å². The van der Waals surface area contributed by atoms with Crippen molar-refractivity contribution in [3.63, 3.8) is 0 Å². The molecule has 2 aliphatic rings. The molecule has 0 aromatic heterocycles. The molecule has 0 aromatic rings. The summed E-state index contributed by atoms with van der Waals surface area (Å²) in [6.07, 6.45) is 0.438. The van der Waals surface area contributed by atoms with Crippen molar-refractivity contribution in [3.05, 3.63) is 0 Å². The molecule has 0 bridgehead atoms. The third-order valence-electron chi connectivity index (χ3n) is 2.90. The number of fused-ring (bicyclic) bond motifs is 1. The molecule has 0 aliphatic carbocycles. The van der Waals surface area contributed by atoms with Crippen LogP contribution in [0.1, 0.15) is 13.3 Å². The maximum atomic E-state index is 11.8. The smallest absolute Gasteiger partial charge is 0.242 e. The normalized spacial score (nSPS) is 36.3. The van der Waals surface area contributed by atoms with Gasteiger partial charge in [0.1, 0.15) is 12.3 Å². The second kappa shape index (κ2) is 3.33. The van der Waals surface area contributed by atoms with Crippen LogP contribution >= 0.6 is 0 Å². The van der Waals surface area contributed by atoms with Gasteiger partial charge in [-0.2, -0.15) is 0 Å². The standard InChI is InChI=1S/C9H14N2O3/c1-5(12)7-4-14-8-3-6(10-2)9(13)11(7)8/h6-8,10H,3-4H2,1-2H3. The average molecular weight is 198 g/mol. The SMILES string of the molecule is CNC1CC2OCC(C(C)=O)N2C1=O. The molecule has 78 valence electrons. The highest BCUT2D eigenvalue weighted by molar-refractivity contribution is 5.91. The van der Waals surface area contributed by atoms with Gasteiger partial charge < -0.3 is 15.0 Å². The molecule has 5 heteroatoms. The van der Waals surface area contributed by atoms with Crippen molar-refractivity contribution in [3.8, 4) is 0 Å². The first-order chi connectivity index (χ1) is 6.65. The molecule has 2 fully saturated rings. The molecule has 2 aliphatic heterocycles. The molecule has 0 aromatic carbocycles. The van der Waals surface area contributed by atoms with Crippen LogP contribution < -0.4 is 5.32 Å². The Morgan fingerprint density at radius 1 is 1.64 bits per heavy atom. The van der Waals surface area contributed by atoms with E-state index >= 15 is 0 Å². The number of rotatable bonds is 2. The van der Waals surface area contributed by atoms with E-state index in [0.717, 1.165) is 0 Å². The number of amides is 1. The number of hydrogen-bond donors (Lipinski definition) is 1. The predicted molar refractivity (Wildman–Crippen MR) is 48.5 cm³/mol. The van der Waals surface area contributed by atoms with E-state index in [1.54, 1.807) is 11.9 Å². The molecule has 0 saturated carbocycles. The number of carbonyl (C=O) groups excluding carboxylic acids is 2. The van der Waals surface area contributed by atoms with Gasteiger partial charge in [0, 0.05) is 6.42 Å². The summed E-state index contributed by atoms with van der Waals surface area (Å²) in [5, 5.41) is 2.92. The molecule has 0 spiro atoms. The summed E-state index contributed by atoms with van der Waals surface area (Å²) in [6.45, 7) is 1.85. The summed E-state index contributed by atoms with van der Waals surface area (Å²) in [4.78, 5) is 24.6. The van der Waals surface area contributed by atoms with E-state index < -0.39 is 0 Å². The van der Waals surface area contributed by atoms with E-state index in [4.69, 9.17) is 4.74 Å². The van der Waals surface area contributed by atoms with E-state index in [1.807, 2.05) is 0 Å². The highest BCUT2D eigenvalue weighted by Crippen LogP contribution is 2.28. The maximum absolute atomic E-state index is 11.8. The number of likely N-dealkylation sites (N-methyl/N-ethyl adjacent to an activating group) is 1. The van der Waals surface area contributed by atoms with Crippen LogP contribution in [0.3, 0.4) is 0 Å². The molecule has 3 atom stereocenters. The first kappa shape index (κ1) is 9.61. The largest absolute Gasteiger partial charge is 0.356 e. The second-order valence-corrected chi connectivity index (χ2v) is 3.74. The summed E-state index contributed by atoms with van der Waals surface area (Å²) in [6, 6.07) is -0.562. The molecular formula is C9H14N2O3. The molecule has 3 unspecified atom stereocenters. The van der Waals surface area contributed by atoms with Gasteiger partial charge in [-0.05, 0) is 14.0 Å². The minimum atomic E-state index is -0.370. The highest BCUT2D eigenvalue weighted by atomic mass is 16.5. The van der Waals surface area contributed by atoms with Crippen molar-refractivity contribution < 1.29 is 14.3 Å². The van der Waals surface area contributed by atoms with Gasteiger partial charge in [0.15, 0.2) is 5.78 Å². The van der Waals surface area contributed by atoms with E-state index in [9.17, 15) is 9.59 Å². The first-order valence-electron chi connectivity index (χ1n) is 4.76. The summed E-state index contributed by atoms with van der Waals surface area (Å²) in [5.74, 6) is -0.0206. The summed E-state index contributed by atoms with van der Waals surface area (Å²) < 4.78 is 5.40. The molecule has 1 N–H and O–H groups in total. The van der Waals surface area contributed by atoms with Crippen LogP contribution in [0.2, 0.25) is 0 Å². The summed E-state index contributed by atoms with van der Waals surface area (Å²) in [7, 11) is 1.74. The first-order valence-corrected chi connectivity index (χ1v) is 4.76. The molecule has 2 rings (SSSR count). The number of nitrogens with zero attached hydrogens (tertiary/aromatic N) is 1. The van der Waals surface area contributed by atoms with Crippen LogP contribution in [-0.4, -0.2) is 48.6 Å². The van der Waals surface area contributed by atoms with E-state index in [0.29, 0.717) is 13.0 Å². The fourth-order valence-electron chi connectivity index (χ4n) is 2.08. The van der Waals surface area contributed by atoms with Gasteiger partial charge in [-0.1, -0.05) is 0 Å². The lowest BCUT2D eigenvalue weighted by Gasteiger charge is -2.19. The lowest BCUT2D eigenvalue weighted by molar-refractivity contribution is -0.136.